The summed E-state index contributed by atoms with van der Waals surface area (Å²) in [4.78, 5) is 13.8. The summed E-state index contributed by atoms with van der Waals surface area (Å²) in [5.74, 6) is -0.923. The van der Waals surface area contributed by atoms with E-state index in [-0.39, 0.29) is 17.4 Å². The van der Waals surface area contributed by atoms with Gasteiger partial charge >= 0.3 is 5.97 Å². The number of rotatable bonds is 7. The summed E-state index contributed by atoms with van der Waals surface area (Å²) < 4.78 is 33.7. The van der Waals surface area contributed by atoms with E-state index in [9.17, 15) is 18.3 Å². The molecule has 8 heteroatoms. The normalized spacial score (nSPS) is 19.3. The Hall–Kier alpha value is -2.68. The summed E-state index contributed by atoms with van der Waals surface area (Å²) in [5.41, 5.74) is 2.24. The zero-order valence-electron chi connectivity index (χ0n) is 18.4. The highest BCUT2D eigenvalue weighted by molar-refractivity contribution is 7.89. The topological polar surface area (TPSA) is 83.9 Å². The summed E-state index contributed by atoms with van der Waals surface area (Å²) in [5, 5.41) is 12.3. The Balaban J connectivity index is 1.72. The van der Waals surface area contributed by atoms with Gasteiger partial charge in [-0.3, -0.25) is 4.79 Å². The molecule has 4 rings (SSSR count). The number of carbonyl (C=O) groups is 1. The molecule has 1 aliphatic rings. The molecule has 0 fully saturated rings. The van der Waals surface area contributed by atoms with Crippen molar-refractivity contribution in [3.63, 3.8) is 0 Å². The van der Waals surface area contributed by atoms with Crippen LogP contribution < -0.4 is 4.74 Å². The fraction of sp³-hybridized carbons (Fsp3) is 0.320. The molecule has 0 bridgehead atoms. The minimum atomic E-state index is -4.02. The van der Waals surface area contributed by atoms with Crippen molar-refractivity contribution < 1.29 is 23.1 Å². The molecule has 0 saturated carbocycles. The van der Waals surface area contributed by atoms with Gasteiger partial charge in [-0.2, -0.15) is 4.31 Å². The molecule has 2 atom stereocenters. The summed E-state index contributed by atoms with van der Waals surface area (Å²) >= 11 is 1.60. The van der Waals surface area contributed by atoms with Crippen molar-refractivity contribution in [2.45, 2.75) is 36.6 Å². The van der Waals surface area contributed by atoms with Gasteiger partial charge in [-0.1, -0.05) is 30.3 Å². The van der Waals surface area contributed by atoms with Crippen molar-refractivity contribution in [2.75, 3.05) is 13.7 Å². The molecule has 1 aliphatic heterocycles. The van der Waals surface area contributed by atoms with Crippen LogP contribution in [0, 0.1) is 5.92 Å². The van der Waals surface area contributed by atoms with Gasteiger partial charge in [-0.15, -0.1) is 11.3 Å². The van der Waals surface area contributed by atoms with E-state index in [1.54, 1.807) is 23.5 Å². The second-order valence-electron chi connectivity index (χ2n) is 8.18. The number of benzene rings is 2. The summed E-state index contributed by atoms with van der Waals surface area (Å²) in [6.07, 6.45) is 2.30. The van der Waals surface area contributed by atoms with Crippen molar-refractivity contribution in [1.29, 1.82) is 0 Å². The Morgan fingerprint density at radius 2 is 1.85 bits per heavy atom. The fourth-order valence-electron chi connectivity index (χ4n) is 4.48. The monoisotopic (exact) mass is 485 g/mol. The molecule has 1 N–H and O–H groups in total. The molecular weight excluding hydrogens is 458 g/mol. The lowest BCUT2D eigenvalue weighted by molar-refractivity contribution is -0.143. The SMILES string of the molecule is COc1ccc(S(=O)(=O)N2CCc3sccc3C[C@@H](CCc3ccccc3)[C@@H]2C(=O)O)cc1. The number of hydrogen-bond donors (Lipinski definition) is 1. The van der Waals surface area contributed by atoms with E-state index in [0.29, 0.717) is 31.4 Å². The summed E-state index contributed by atoms with van der Waals surface area (Å²) in [6, 6.07) is 16.9. The number of carboxylic acids is 1. The molecule has 6 nitrogen and oxygen atoms in total. The van der Waals surface area contributed by atoms with E-state index in [1.165, 1.54) is 23.5 Å². The number of carboxylic acid groups (broad SMARTS) is 1. The number of fused-ring (bicyclic) bond motifs is 1. The Morgan fingerprint density at radius 1 is 1.12 bits per heavy atom. The first-order valence-corrected chi connectivity index (χ1v) is 13.2. The van der Waals surface area contributed by atoms with Gasteiger partial charge < -0.3 is 9.84 Å². The predicted octanol–water partition coefficient (Wildman–Crippen LogP) is 4.25. The van der Waals surface area contributed by atoms with Gasteiger partial charge in [0.05, 0.1) is 12.0 Å². The largest absolute Gasteiger partial charge is 0.497 e. The summed E-state index contributed by atoms with van der Waals surface area (Å²) in [6.45, 7) is 0.126. The van der Waals surface area contributed by atoms with Gasteiger partial charge in [0.25, 0.3) is 0 Å². The van der Waals surface area contributed by atoms with Crippen LogP contribution in [0.4, 0.5) is 0 Å². The minimum Gasteiger partial charge on any atom is -0.497 e. The van der Waals surface area contributed by atoms with Crippen LogP contribution in [0.15, 0.2) is 70.9 Å². The fourth-order valence-corrected chi connectivity index (χ4v) is 7.03. The Kier molecular flexibility index (Phi) is 7.17. The van der Waals surface area contributed by atoms with Crippen LogP contribution in [0.1, 0.15) is 22.4 Å². The molecule has 0 aliphatic carbocycles. The maximum atomic E-state index is 13.7. The van der Waals surface area contributed by atoms with Crippen molar-refractivity contribution in [3.8, 4) is 5.75 Å². The predicted molar refractivity (Wildman–Crippen MR) is 128 cm³/mol. The van der Waals surface area contributed by atoms with Gasteiger partial charge in [-0.25, -0.2) is 8.42 Å². The zero-order chi connectivity index (χ0) is 23.4. The number of thiophene rings is 1. The maximum Gasteiger partial charge on any atom is 0.322 e. The van der Waals surface area contributed by atoms with Crippen LogP contribution >= 0.6 is 11.3 Å². The average Bonchev–Trinajstić information content (AvgIpc) is 3.24. The van der Waals surface area contributed by atoms with E-state index in [0.717, 1.165) is 16.0 Å². The van der Waals surface area contributed by atoms with Gasteiger partial charge in [-0.05, 0) is 78.4 Å². The van der Waals surface area contributed by atoms with E-state index in [4.69, 9.17) is 4.74 Å². The number of sulfonamides is 1. The molecule has 2 aromatic carbocycles. The van der Waals surface area contributed by atoms with Gasteiger partial charge in [0.1, 0.15) is 11.8 Å². The van der Waals surface area contributed by atoms with Gasteiger partial charge in [0.2, 0.25) is 10.0 Å². The number of aliphatic carboxylic acids is 1. The highest BCUT2D eigenvalue weighted by Gasteiger charge is 2.42. The highest BCUT2D eigenvalue weighted by Crippen LogP contribution is 2.33. The standard InChI is InChI=1S/C25H27NO5S2/c1-31-21-9-11-22(12-10-21)33(29,30)26-15-13-23-19(14-16-32-23)17-20(24(26)25(27)28)8-7-18-5-3-2-4-6-18/h2-6,9-12,14,16,20,24H,7-8,13,15,17H2,1H3,(H,27,28)/t20-,24-/m1/s1. The van der Waals surface area contributed by atoms with Crippen molar-refractivity contribution in [2.24, 2.45) is 5.92 Å². The molecule has 0 radical (unpaired) electrons. The molecule has 0 unspecified atom stereocenters. The van der Waals surface area contributed by atoms with Crippen molar-refractivity contribution in [1.82, 2.24) is 4.31 Å². The maximum absolute atomic E-state index is 13.7. The molecule has 174 valence electrons. The third-order valence-electron chi connectivity index (χ3n) is 6.20. The van der Waals surface area contributed by atoms with Crippen LogP contribution in [0.5, 0.6) is 5.75 Å². The van der Waals surface area contributed by atoms with Gasteiger partial charge in [0.15, 0.2) is 0 Å². The molecule has 33 heavy (non-hydrogen) atoms. The first-order valence-electron chi connectivity index (χ1n) is 10.9. The van der Waals surface area contributed by atoms with Crippen LogP contribution in [0.2, 0.25) is 0 Å². The second kappa shape index (κ2) is 10.1. The van der Waals surface area contributed by atoms with E-state index < -0.39 is 22.0 Å². The number of ether oxygens (including phenoxy) is 1. The lowest BCUT2D eigenvalue weighted by atomic mass is 9.85. The third kappa shape index (κ3) is 5.13. The van der Waals surface area contributed by atoms with E-state index >= 15 is 0 Å². The molecule has 0 spiro atoms. The average molecular weight is 486 g/mol. The number of nitrogens with zero attached hydrogens (tertiary/aromatic N) is 1. The molecule has 2 heterocycles. The van der Waals surface area contributed by atoms with Crippen LogP contribution in [0.25, 0.3) is 0 Å². The van der Waals surface area contributed by atoms with Crippen molar-refractivity contribution in [3.05, 3.63) is 82.0 Å². The Morgan fingerprint density at radius 3 is 2.52 bits per heavy atom. The lowest BCUT2D eigenvalue weighted by Crippen LogP contribution is -2.51. The Bertz CT molecular complexity index is 1190. The lowest BCUT2D eigenvalue weighted by Gasteiger charge is -2.35. The second-order valence-corrected chi connectivity index (χ2v) is 11.1. The number of hydrogen-bond acceptors (Lipinski definition) is 5. The smallest absolute Gasteiger partial charge is 0.322 e. The molecular formula is C25H27NO5S2. The van der Waals surface area contributed by atoms with Crippen molar-refractivity contribution >= 4 is 27.3 Å². The van der Waals surface area contributed by atoms with Crippen LogP contribution in [0.3, 0.4) is 0 Å². The molecule has 3 aromatic rings. The van der Waals surface area contributed by atoms with Gasteiger partial charge in [0, 0.05) is 11.4 Å². The van der Waals surface area contributed by atoms with Crippen LogP contribution in [-0.2, 0) is 34.1 Å². The molecule has 0 saturated heterocycles. The number of aryl methyl sites for hydroxylation is 1. The van der Waals surface area contributed by atoms with E-state index in [1.807, 2.05) is 41.8 Å². The minimum absolute atomic E-state index is 0.0725. The Labute approximate surface area is 198 Å². The quantitative estimate of drug-likeness (QED) is 0.541. The summed E-state index contributed by atoms with van der Waals surface area (Å²) in [7, 11) is -2.51. The highest BCUT2D eigenvalue weighted by atomic mass is 32.2. The first kappa shape index (κ1) is 23.5. The van der Waals surface area contributed by atoms with Crippen LogP contribution in [-0.4, -0.2) is 43.5 Å². The molecule has 0 amide bonds. The zero-order valence-corrected chi connectivity index (χ0v) is 20.0. The molecule has 1 aromatic heterocycles. The number of methoxy groups -OCH3 is 1. The first-order chi connectivity index (χ1) is 15.9. The third-order valence-corrected chi connectivity index (χ3v) is 9.12. The van der Waals surface area contributed by atoms with E-state index in [2.05, 4.69) is 0 Å².